The molecule has 0 bridgehead atoms. The van der Waals surface area contributed by atoms with Gasteiger partial charge in [0.15, 0.2) is 0 Å². The zero-order valence-corrected chi connectivity index (χ0v) is 11.3. The maximum atomic E-state index is 11.8. The van der Waals surface area contributed by atoms with Crippen molar-refractivity contribution in [2.24, 2.45) is 5.92 Å². The molecular formula is C14H19N3O2. The van der Waals surface area contributed by atoms with E-state index in [-0.39, 0.29) is 11.7 Å². The predicted octanol–water partition coefficient (Wildman–Crippen LogP) is 2.10. The highest BCUT2D eigenvalue weighted by Crippen LogP contribution is 2.08. The van der Waals surface area contributed by atoms with Gasteiger partial charge in [0.2, 0.25) is 5.76 Å². The average Bonchev–Trinajstić information content (AvgIpc) is 2.99. The summed E-state index contributed by atoms with van der Waals surface area (Å²) in [6.07, 6.45) is 4.74. The molecule has 2 aromatic rings. The first-order valence-corrected chi connectivity index (χ1v) is 6.49. The Labute approximate surface area is 112 Å². The fourth-order valence-corrected chi connectivity index (χ4v) is 1.84. The van der Waals surface area contributed by atoms with Crippen molar-refractivity contribution in [2.45, 2.75) is 26.8 Å². The summed E-state index contributed by atoms with van der Waals surface area (Å²) in [5.74, 6) is 0.563. The summed E-state index contributed by atoms with van der Waals surface area (Å²) in [6, 6.07) is 5.62. The van der Waals surface area contributed by atoms with Gasteiger partial charge in [-0.05, 0) is 24.5 Å². The second-order valence-corrected chi connectivity index (χ2v) is 4.96. The summed E-state index contributed by atoms with van der Waals surface area (Å²) in [5, 5.41) is 6.70. The Morgan fingerprint density at radius 1 is 1.42 bits per heavy atom. The lowest BCUT2D eigenvalue weighted by Gasteiger charge is -2.03. The predicted molar refractivity (Wildman–Crippen MR) is 71.8 cm³/mol. The minimum atomic E-state index is -0.213. The molecule has 102 valence electrons. The molecule has 0 saturated carbocycles. The van der Waals surface area contributed by atoms with Crippen molar-refractivity contribution in [1.82, 2.24) is 15.0 Å². The van der Waals surface area contributed by atoms with Crippen molar-refractivity contribution in [3.8, 4) is 0 Å². The molecule has 0 aliphatic rings. The molecule has 2 aromatic heterocycles. The molecule has 0 aromatic carbocycles. The van der Waals surface area contributed by atoms with Gasteiger partial charge in [0.1, 0.15) is 0 Å². The van der Waals surface area contributed by atoms with Crippen molar-refractivity contribution < 1.29 is 9.32 Å². The molecule has 0 aliphatic carbocycles. The number of hydrogen-bond acceptors (Lipinski definition) is 3. The standard InChI is InChI=1S/C14H19N3O2/c1-11(2)9-12-10-13(19-16-12)14(18)15-5-8-17-6-3-4-7-17/h3-4,6-7,10-11H,5,8-9H2,1-2H3,(H,15,18). The molecule has 2 heterocycles. The van der Waals surface area contributed by atoms with Crippen LogP contribution in [-0.2, 0) is 13.0 Å². The summed E-state index contributed by atoms with van der Waals surface area (Å²) in [4.78, 5) is 11.8. The smallest absolute Gasteiger partial charge is 0.289 e. The third-order valence-electron chi connectivity index (χ3n) is 2.72. The van der Waals surface area contributed by atoms with E-state index in [1.54, 1.807) is 6.07 Å². The number of carbonyl (C=O) groups is 1. The van der Waals surface area contributed by atoms with Crippen LogP contribution in [0.3, 0.4) is 0 Å². The zero-order valence-electron chi connectivity index (χ0n) is 11.3. The van der Waals surface area contributed by atoms with Crippen LogP contribution in [0.5, 0.6) is 0 Å². The van der Waals surface area contributed by atoms with Crippen LogP contribution in [0.25, 0.3) is 0 Å². The van der Waals surface area contributed by atoms with Crippen molar-refractivity contribution >= 4 is 5.91 Å². The van der Waals surface area contributed by atoms with Gasteiger partial charge in [-0.15, -0.1) is 0 Å². The molecule has 5 heteroatoms. The topological polar surface area (TPSA) is 60.1 Å². The first kappa shape index (κ1) is 13.4. The van der Waals surface area contributed by atoms with Crippen LogP contribution in [0.2, 0.25) is 0 Å². The normalized spacial score (nSPS) is 10.9. The van der Waals surface area contributed by atoms with E-state index in [0.717, 1.165) is 18.7 Å². The summed E-state index contributed by atoms with van der Waals surface area (Å²) in [7, 11) is 0. The molecule has 0 fully saturated rings. The monoisotopic (exact) mass is 261 g/mol. The third kappa shape index (κ3) is 3.98. The van der Waals surface area contributed by atoms with Crippen LogP contribution < -0.4 is 5.32 Å². The van der Waals surface area contributed by atoms with Crippen LogP contribution in [0.4, 0.5) is 0 Å². The molecule has 2 rings (SSSR count). The van der Waals surface area contributed by atoms with Crippen molar-refractivity contribution in [1.29, 1.82) is 0 Å². The largest absolute Gasteiger partial charge is 0.353 e. The molecular weight excluding hydrogens is 242 g/mol. The Kier molecular flexibility index (Phi) is 4.39. The van der Waals surface area contributed by atoms with Gasteiger partial charge in [0, 0.05) is 31.5 Å². The van der Waals surface area contributed by atoms with Crippen LogP contribution in [0.1, 0.15) is 30.1 Å². The Hall–Kier alpha value is -2.04. The van der Waals surface area contributed by atoms with Gasteiger partial charge >= 0.3 is 0 Å². The first-order valence-electron chi connectivity index (χ1n) is 6.49. The lowest BCUT2D eigenvalue weighted by Crippen LogP contribution is -2.26. The SMILES string of the molecule is CC(C)Cc1cc(C(=O)NCCn2cccc2)on1. The van der Waals surface area contributed by atoms with E-state index in [1.807, 2.05) is 29.1 Å². The summed E-state index contributed by atoms with van der Waals surface area (Å²) in [6.45, 7) is 5.51. The van der Waals surface area contributed by atoms with Gasteiger partial charge < -0.3 is 14.4 Å². The molecule has 1 amide bonds. The highest BCUT2D eigenvalue weighted by atomic mass is 16.5. The molecule has 0 atom stereocenters. The van der Waals surface area contributed by atoms with E-state index in [9.17, 15) is 4.79 Å². The number of aromatic nitrogens is 2. The van der Waals surface area contributed by atoms with Crippen molar-refractivity contribution in [3.05, 3.63) is 42.0 Å². The maximum absolute atomic E-state index is 11.8. The number of carbonyl (C=O) groups excluding carboxylic acids is 1. The van der Waals surface area contributed by atoms with Crippen LogP contribution in [-0.4, -0.2) is 22.2 Å². The van der Waals surface area contributed by atoms with Gasteiger partial charge in [-0.1, -0.05) is 19.0 Å². The van der Waals surface area contributed by atoms with Gasteiger partial charge in [-0.25, -0.2) is 0 Å². The second-order valence-electron chi connectivity index (χ2n) is 4.96. The summed E-state index contributed by atoms with van der Waals surface area (Å²) in [5.41, 5.74) is 0.825. The highest BCUT2D eigenvalue weighted by molar-refractivity contribution is 5.91. The minimum Gasteiger partial charge on any atom is -0.353 e. The number of hydrogen-bond donors (Lipinski definition) is 1. The van der Waals surface area contributed by atoms with Crippen LogP contribution in [0.15, 0.2) is 35.1 Å². The lowest BCUT2D eigenvalue weighted by atomic mass is 10.1. The Balaban J connectivity index is 1.81. The number of amides is 1. The zero-order chi connectivity index (χ0) is 13.7. The molecule has 19 heavy (non-hydrogen) atoms. The molecule has 0 spiro atoms. The molecule has 0 aliphatic heterocycles. The van der Waals surface area contributed by atoms with Gasteiger partial charge in [-0.3, -0.25) is 4.79 Å². The number of nitrogens with zero attached hydrogens (tertiary/aromatic N) is 2. The molecule has 0 radical (unpaired) electrons. The fraction of sp³-hybridized carbons (Fsp3) is 0.429. The van der Waals surface area contributed by atoms with Crippen molar-refractivity contribution in [3.63, 3.8) is 0 Å². The van der Waals surface area contributed by atoms with Gasteiger partial charge in [0.25, 0.3) is 5.91 Å². The Bertz CT molecular complexity index is 515. The summed E-state index contributed by atoms with van der Waals surface area (Å²) < 4.78 is 7.05. The van der Waals surface area contributed by atoms with E-state index in [0.29, 0.717) is 12.5 Å². The number of rotatable bonds is 6. The number of nitrogens with one attached hydrogen (secondary N) is 1. The third-order valence-corrected chi connectivity index (χ3v) is 2.72. The summed E-state index contributed by atoms with van der Waals surface area (Å²) >= 11 is 0. The molecule has 0 unspecified atom stereocenters. The van der Waals surface area contributed by atoms with Gasteiger partial charge in [0.05, 0.1) is 5.69 Å². The van der Waals surface area contributed by atoms with E-state index >= 15 is 0 Å². The molecule has 1 N–H and O–H groups in total. The first-order chi connectivity index (χ1) is 9.15. The second kappa shape index (κ2) is 6.22. The van der Waals surface area contributed by atoms with Gasteiger partial charge in [-0.2, -0.15) is 0 Å². The van der Waals surface area contributed by atoms with Crippen LogP contribution >= 0.6 is 0 Å². The van der Waals surface area contributed by atoms with E-state index in [1.165, 1.54) is 0 Å². The van der Waals surface area contributed by atoms with E-state index in [2.05, 4.69) is 24.3 Å². The highest BCUT2D eigenvalue weighted by Gasteiger charge is 2.12. The minimum absolute atomic E-state index is 0.213. The van der Waals surface area contributed by atoms with E-state index in [4.69, 9.17) is 4.52 Å². The average molecular weight is 261 g/mol. The van der Waals surface area contributed by atoms with Crippen LogP contribution in [0, 0.1) is 5.92 Å². The maximum Gasteiger partial charge on any atom is 0.289 e. The quantitative estimate of drug-likeness (QED) is 0.866. The Morgan fingerprint density at radius 3 is 2.84 bits per heavy atom. The molecule has 5 nitrogen and oxygen atoms in total. The Morgan fingerprint density at radius 2 is 2.16 bits per heavy atom. The fourth-order valence-electron chi connectivity index (χ4n) is 1.84. The molecule has 0 saturated heterocycles. The van der Waals surface area contributed by atoms with E-state index < -0.39 is 0 Å². The van der Waals surface area contributed by atoms with Crippen molar-refractivity contribution in [2.75, 3.05) is 6.54 Å². The lowest BCUT2D eigenvalue weighted by molar-refractivity contribution is 0.0915.